The first-order chi connectivity index (χ1) is 15.7. The SMILES string of the molecule is CCc1cnc(-n2cnc(CN3CCCC(c4nc(O)cc(-c5cccs5)n4)C3)c2)nc1. The predicted molar refractivity (Wildman–Crippen MR) is 123 cm³/mol. The molecule has 0 aliphatic carbocycles. The zero-order valence-electron chi connectivity index (χ0n) is 17.9. The van der Waals surface area contributed by atoms with Gasteiger partial charge in [0.25, 0.3) is 0 Å². The lowest BCUT2D eigenvalue weighted by Gasteiger charge is -2.31. The average molecular weight is 448 g/mol. The molecular weight excluding hydrogens is 422 g/mol. The van der Waals surface area contributed by atoms with Gasteiger partial charge in [0, 0.05) is 43.7 Å². The van der Waals surface area contributed by atoms with Gasteiger partial charge in [0.15, 0.2) is 0 Å². The van der Waals surface area contributed by atoms with Gasteiger partial charge >= 0.3 is 0 Å². The molecule has 0 amide bonds. The van der Waals surface area contributed by atoms with E-state index in [4.69, 9.17) is 4.98 Å². The van der Waals surface area contributed by atoms with Crippen LogP contribution < -0.4 is 0 Å². The molecule has 0 spiro atoms. The summed E-state index contributed by atoms with van der Waals surface area (Å²) in [6, 6.07) is 5.64. The summed E-state index contributed by atoms with van der Waals surface area (Å²) < 4.78 is 1.86. The van der Waals surface area contributed by atoms with Crippen LogP contribution >= 0.6 is 11.3 Å². The van der Waals surface area contributed by atoms with Crippen LogP contribution in [0, 0.1) is 0 Å². The molecule has 1 aliphatic rings. The van der Waals surface area contributed by atoms with E-state index in [2.05, 4.69) is 31.8 Å². The van der Waals surface area contributed by atoms with Crippen LogP contribution in [-0.2, 0) is 13.0 Å². The average Bonchev–Trinajstić information content (AvgIpc) is 3.52. The van der Waals surface area contributed by atoms with Crippen molar-refractivity contribution in [3.05, 3.63) is 65.6 Å². The van der Waals surface area contributed by atoms with Crippen LogP contribution in [0.2, 0.25) is 0 Å². The number of nitrogens with zero attached hydrogens (tertiary/aromatic N) is 7. The zero-order valence-corrected chi connectivity index (χ0v) is 18.7. The van der Waals surface area contributed by atoms with Gasteiger partial charge in [0.05, 0.1) is 16.3 Å². The summed E-state index contributed by atoms with van der Waals surface area (Å²) in [5, 5.41) is 12.2. The minimum Gasteiger partial charge on any atom is -0.493 e. The van der Waals surface area contributed by atoms with E-state index in [1.54, 1.807) is 23.7 Å². The molecule has 1 unspecified atom stereocenters. The molecule has 4 aromatic heterocycles. The number of piperidine rings is 1. The van der Waals surface area contributed by atoms with Crippen molar-refractivity contribution in [2.24, 2.45) is 0 Å². The van der Waals surface area contributed by atoms with Crippen LogP contribution in [-0.4, -0.2) is 52.6 Å². The molecule has 1 aliphatic heterocycles. The Hall–Kier alpha value is -3.17. The fraction of sp³-hybridized carbons (Fsp3) is 0.348. The van der Waals surface area contributed by atoms with E-state index in [9.17, 15) is 5.11 Å². The topological polar surface area (TPSA) is 92.9 Å². The summed E-state index contributed by atoms with van der Waals surface area (Å²) in [5.41, 5.74) is 2.88. The molecular formula is C23H25N7OS. The third-order valence-electron chi connectivity index (χ3n) is 5.73. The Morgan fingerprint density at radius 3 is 2.84 bits per heavy atom. The quantitative estimate of drug-likeness (QED) is 0.480. The van der Waals surface area contributed by atoms with Crippen molar-refractivity contribution < 1.29 is 5.11 Å². The lowest BCUT2D eigenvalue weighted by molar-refractivity contribution is 0.194. The number of hydrogen-bond donors (Lipinski definition) is 1. The molecule has 8 nitrogen and oxygen atoms in total. The Kier molecular flexibility index (Phi) is 5.91. The van der Waals surface area contributed by atoms with Gasteiger partial charge in [-0.05, 0) is 42.8 Å². The van der Waals surface area contributed by atoms with Crippen LogP contribution in [0.15, 0.2) is 48.5 Å². The fourth-order valence-corrected chi connectivity index (χ4v) is 4.73. The minimum atomic E-state index is 0.0309. The lowest BCUT2D eigenvalue weighted by Crippen LogP contribution is -2.34. The Morgan fingerprint density at radius 2 is 2.06 bits per heavy atom. The number of aromatic nitrogens is 6. The molecule has 1 N–H and O–H groups in total. The predicted octanol–water partition coefficient (Wildman–Crippen LogP) is 3.83. The number of imidazole rings is 1. The number of aryl methyl sites for hydroxylation is 1. The van der Waals surface area contributed by atoms with Gasteiger partial charge < -0.3 is 5.11 Å². The molecule has 1 atom stereocenters. The highest BCUT2D eigenvalue weighted by Crippen LogP contribution is 2.30. The van der Waals surface area contributed by atoms with Gasteiger partial charge in [-0.15, -0.1) is 11.3 Å². The van der Waals surface area contributed by atoms with Crippen LogP contribution in [0.1, 0.15) is 42.8 Å². The first kappa shape index (κ1) is 20.7. The molecule has 4 aromatic rings. The summed E-state index contributed by atoms with van der Waals surface area (Å²) in [7, 11) is 0. The first-order valence-corrected chi connectivity index (χ1v) is 11.7. The normalized spacial score (nSPS) is 17.0. The summed E-state index contributed by atoms with van der Waals surface area (Å²) in [6.07, 6.45) is 10.5. The van der Waals surface area contributed by atoms with Crippen molar-refractivity contribution in [2.45, 2.75) is 38.6 Å². The number of hydrogen-bond acceptors (Lipinski definition) is 8. The third kappa shape index (κ3) is 4.53. The van der Waals surface area contributed by atoms with Gasteiger partial charge in [-0.25, -0.2) is 19.9 Å². The summed E-state index contributed by atoms with van der Waals surface area (Å²) in [4.78, 5) is 26.0. The van der Waals surface area contributed by atoms with E-state index in [1.165, 1.54) is 0 Å². The smallest absolute Gasteiger partial charge is 0.234 e. The van der Waals surface area contributed by atoms with Gasteiger partial charge in [0.1, 0.15) is 12.2 Å². The molecule has 0 aromatic carbocycles. The molecule has 32 heavy (non-hydrogen) atoms. The van der Waals surface area contributed by atoms with Crippen LogP contribution in [0.3, 0.4) is 0 Å². The molecule has 0 radical (unpaired) electrons. The monoisotopic (exact) mass is 447 g/mol. The van der Waals surface area contributed by atoms with Gasteiger partial charge in [-0.1, -0.05) is 13.0 Å². The van der Waals surface area contributed by atoms with Crippen LogP contribution in [0.4, 0.5) is 0 Å². The Bertz CT molecular complexity index is 1170. The van der Waals surface area contributed by atoms with Crippen molar-refractivity contribution >= 4 is 11.3 Å². The Labute approximate surface area is 190 Å². The second kappa shape index (κ2) is 9.13. The van der Waals surface area contributed by atoms with Crippen LogP contribution in [0.25, 0.3) is 16.5 Å². The van der Waals surface area contributed by atoms with Gasteiger partial charge in [0.2, 0.25) is 11.8 Å². The highest BCUT2D eigenvalue weighted by Gasteiger charge is 2.25. The van der Waals surface area contributed by atoms with E-state index < -0.39 is 0 Å². The standard InChI is InChI=1S/C23H25N7OS/c1-2-16-10-24-23(25-11-16)30-14-18(26-15-30)13-29-7-3-5-17(12-29)22-27-19(9-21(31)28-22)20-6-4-8-32-20/h4,6,8-11,14-15,17H,2-3,5,7,12-13H2,1H3,(H,27,28,31). The van der Waals surface area contributed by atoms with Crippen molar-refractivity contribution in [2.75, 3.05) is 13.1 Å². The van der Waals surface area contributed by atoms with Crippen molar-refractivity contribution in [1.82, 2.24) is 34.4 Å². The van der Waals surface area contributed by atoms with E-state index in [0.29, 0.717) is 11.8 Å². The van der Waals surface area contributed by atoms with Gasteiger partial charge in [-0.3, -0.25) is 9.47 Å². The molecule has 5 rings (SSSR count). The molecule has 1 saturated heterocycles. The van der Waals surface area contributed by atoms with E-state index in [-0.39, 0.29) is 11.8 Å². The maximum atomic E-state index is 10.2. The number of likely N-dealkylation sites (tertiary alicyclic amines) is 1. The van der Waals surface area contributed by atoms with Crippen molar-refractivity contribution in [1.29, 1.82) is 0 Å². The molecule has 0 saturated carbocycles. The largest absolute Gasteiger partial charge is 0.493 e. The zero-order chi connectivity index (χ0) is 21.9. The number of thiophene rings is 1. The lowest BCUT2D eigenvalue weighted by atomic mass is 9.97. The maximum absolute atomic E-state index is 10.2. The minimum absolute atomic E-state index is 0.0309. The molecule has 1 fully saturated rings. The van der Waals surface area contributed by atoms with Crippen LogP contribution in [0.5, 0.6) is 5.88 Å². The first-order valence-electron chi connectivity index (χ1n) is 10.9. The molecule has 0 bridgehead atoms. The second-order valence-electron chi connectivity index (χ2n) is 8.04. The van der Waals surface area contributed by atoms with E-state index in [1.807, 2.05) is 40.7 Å². The Balaban J connectivity index is 1.28. The highest BCUT2D eigenvalue weighted by molar-refractivity contribution is 7.13. The number of aromatic hydroxyl groups is 1. The molecule has 5 heterocycles. The highest BCUT2D eigenvalue weighted by atomic mass is 32.1. The van der Waals surface area contributed by atoms with Crippen molar-refractivity contribution in [3.8, 4) is 22.4 Å². The van der Waals surface area contributed by atoms with Crippen molar-refractivity contribution in [3.63, 3.8) is 0 Å². The second-order valence-corrected chi connectivity index (χ2v) is 8.99. The summed E-state index contributed by atoms with van der Waals surface area (Å²) >= 11 is 1.61. The number of rotatable bonds is 6. The summed E-state index contributed by atoms with van der Waals surface area (Å²) in [5.74, 6) is 1.56. The molecule has 164 valence electrons. The van der Waals surface area contributed by atoms with E-state index in [0.717, 1.165) is 60.7 Å². The van der Waals surface area contributed by atoms with Gasteiger partial charge in [-0.2, -0.15) is 4.98 Å². The van der Waals surface area contributed by atoms with E-state index >= 15 is 0 Å². The maximum Gasteiger partial charge on any atom is 0.234 e. The Morgan fingerprint density at radius 1 is 1.19 bits per heavy atom. The molecule has 9 heteroatoms. The summed E-state index contributed by atoms with van der Waals surface area (Å²) in [6.45, 7) is 4.67. The fourth-order valence-electron chi connectivity index (χ4n) is 4.04. The third-order valence-corrected chi connectivity index (χ3v) is 6.62.